The number of carbonyl (C=O) groups is 2. The molecule has 2 amide bonds. The molecule has 2 saturated heterocycles. The molecule has 2 aliphatic heterocycles. The number of aromatic nitrogens is 1. The van der Waals surface area contributed by atoms with Gasteiger partial charge in [-0.1, -0.05) is 29.8 Å². The summed E-state index contributed by atoms with van der Waals surface area (Å²) in [4.78, 5) is 33.0. The molecule has 2 fully saturated rings. The van der Waals surface area contributed by atoms with E-state index in [0.717, 1.165) is 24.0 Å². The summed E-state index contributed by atoms with van der Waals surface area (Å²) in [5.41, 5.74) is 3.30. The van der Waals surface area contributed by atoms with Crippen molar-refractivity contribution < 1.29 is 9.59 Å². The maximum absolute atomic E-state index is 13.1. The van der Waals surface area contributed by atoms with Crippen LogP contribution in [0.25, 0.3) is 10.9 Å². The topological polar surface area (TPSA) is 56.4 Å². The van der Waals surface area contributed by atoms with Gasteiger partial charge in [0.05, 0.1) is 0 Å². The van der Waals surface area contributed by atoms with Crippen molar-refractivity contribution in [1.82, 2.24) is 9.88 Å². The molecule has 0 spiro atoms. The number of halogens is 1. The van der Waals surface area contributed by atoms with E-state index in [0.29, 0.717) is 37.0 Å². The van der Waals surface area contributed by atoms with Gasteiger partial charge in [0.15, 0.2) is 0 Å². The number of H-pyrrole nitrogens is 1. The number of rotatable bonds is 3. The third-order valence-corrected chi connectivity index (χ3v) is 6.76. The van der Waals surface area contributed by atoms with Gasteiger partial charge in [-0.15, -0.1) is 0 Å². The predicted molar refractivity (Wildman–Crippen MR) is 119 cm³/mol. The smallest absolute Gasteiger partial charge is 0.239 e. The van der Waals surface area contributed by atoms with Crippen LogP contribution < -0.4 is 4.90 Å². The zero-order chi connectivity index (χ0) is 20.7. The van der Waals surface area contributed by atoms with E-state index in [1.54, 1.807) is 17.0 Å². The standard InChI is InChI=1S/C24H24ClN3O2/c25-17-5-7-18(8-6-17)28-14-11-20(24(28)30)23(29)27-12-9-16(10-13-27)21-15-26-22-4-2-1-3-19(21)22/h1-8,15-16,20,26H,9-14H2. The van der Waals surface area contributed by atoms with Crippen molar-refractivity contribution in [3.05, 3.63) is 65.3 Å². The van der Waals surface area contributed by atoms with Gasteiger partial charge in [0, 0.05) is 47.4 Å². The Kier molecular flexibility index (Phi) is 4.99. The van der Waals surface area contributed by atoms with Crippen LogP contribution in [0.3, 0.4) is 0 Å². The summed E-state index contributed by atoms with van der Waals surface area (Å²) in [7, 11) is 0. The molecule has 6 heteroatoms. The normalized spacial score (nSPS) is 20.3. The van der Waals surface area contributed by atoms with E-state index in [1.165, 1.54) is 10.9 Å². The molecule has 5 nitrogen and oxygen atoms in total. The first kappa shape index (κ1) is 19.2. The van der Waals surface area contributed by atoms with Crippen molar-refractivity contribution in [2.24, 2.45) is 5.92 Å². The van der Waals surface area contributed by atoms with E-state index in [-0.39, 0.29) is 11.8 Å². The van der Waals surface area contributed by atoms with Crippen LogP contribution in [0.15, 0.2) is 54.7 Å². The van der Waals surface area contributed by atoms with E-state index in [9.17, 15) is 9.59 Å². The van der Waals surface area contributed by atoms with Crippen LogP contribution in [-0.2, 0) is 9.59 Å². The third-order valence-electron chi connectivity index (χ3n) is 6.51. The Balaban J connectivity index is 1.24. The van der Waals surface area contributed by atoms with E-state index in [4.69, 9.17) is 11.6 Å². The highest BCUT2D eigenvalue weighted by molar-refractivity contribution is 6.30. The number of piperidine rings is 1. The van der Waals surface area contributed by atoms with Gasteiger partial charge in [0.1, 0.15) is 5.92 Å². The number of amides is 2. The summed E-state index contributed by atoms with van der Waals surface area (Å²) in [6, 6.07) is 15.6. The highest BCUT2D eigenvalue weighted by Gasteiger charge is 2.40. The molecule has 1 aromatic heterocycles. The number of aromatic amines is 1. The van der Waals surface area contributed by atoms with Gasteiger partial charge < -0.3 is 14.8 Å². The minimum absolute atomic E-state index is 0.0196. The average molecular weight is 422 g/mol. The highest BCUT2D eigenvalue weighted by atomic mass is 35.5. The lowest BCUT2D eigenvalue weighted by Gasteiger charge is -2.33. The number of hydrogen-bond acceptors (Lipinski definition) is 2. The van der Waals surface area contributed by atoms with Gasteiger partial charge in [0.2, 0.25) is 11.8 Å². The van der Waals surface area contributed by atoms with Crippen LogP contribution >= 0.6 is 11.6 Å². The van der Waals surface area contributed by atoms with Gasteiger partial charge in [-0.2, -0.15) is 0 Å². The number of fused-ring (bicyclic) bond motifs is 1. The van der Waals surface area contributed by atoms with E-state index >= 15 is 0 Å². The molecule has 0 bridgehead atoms. The number of nitrogens with zero attached hydrogens (tertiary/aromatic N) is 2. The SMILES string of the molecule is O=C(C1CCN(c2ccc(Cl)cc2)C1=O)N1CCC(c2c[nH]c3ccccc23)CC1. The van der Waals surface area contributed by atoms with E-state index < -0.39 is 5.92 Å². The largest absolute Gasteiger partial charge is 0.361 e. The maximum Gasteiger partial charge on any atom is 0.239 e. The molecular weight excluding hydrogens is 398 g/mol. The number of anilines is 1. The first-order chi connectivity index (χ1) is 14.6. The predicted octanol–water partition coefficient (Wildman–Crippen LogP) is 4.58. The van der Waals surface area contributed by atoms with Crippen molar-refractivity contribution in [2.45, 2.75) is 25.2 Å². The van der Waals surface area contributed by atoms with Crippen LogP contribution in [0.4, 0.5) is 5.69 Å². The lowest BCUT2D eigenvalue weighted by Crippen LogP contribution is -2.43. The van der Waals surface area contributed by atoms with Gasteiger partial charge >= 0.3 is 0 Å². The molecule has 0 saturated carbocycles. The van der Waals surface area contributed by atoms with Crippen molar-refractivity contribution in [1.29, 1.82) is 0 Å². The summed E-state index contributed by atoms with van der Waals surface area (Å²) < 4.78 is 0. The van der Waals surface area contributed by atoms with Crippen LogP contribution in [0.1, 0.15) is 30.7 Å². The molecule has 3 heterocycles. The fourth-order valence-corrected chi connectivity index (χ4v) is 4.98. The van der Waals surface area contributed by atoms with Crippen molar-refractivity contribution in [3.63, 3.8) is 0 Å². The fourth-order valence-electron chi connectivity index (χ4n) is 4.85. The fraction of sp³-hybridized carbons (Fsp3) is 0.333. The zero-order valence-corrected chi connectivity index (χ0v) is 17.4. The molecule has 0 radical (unpaired) electrons. The number of nitrogens with one attached hydrogen (secondary N) is 1. The number of para-hydroxylation sites is 1. The first-order valence-electron chi connectivity index (χ1n) is 10.5. The number of likely N-dealkylation sites (tertiary alicyclic amines) is 1. The maximum atomic E-state index is 13.1. The zero-order valence-electron chi connectivity index (χ0n) is 16.7. The average Bonchev–Trinajstić information content (AvgIpc) is 3.38. The first-order valence-corrected chi connectivity index (χ1v) is 10.9. The molecule has 0 aliphatic carbocycles. The van der Waals surface area contributed by atoms with E-state index in [2.05, 4.69) is 29.4 Å². The summed E-state index contributed by atoms with van der Waals surface area (Å²) in [5.74, 6) is -0.240. The third kappa shape index (κ3) is 3.37. The van der Waals surface area contributed by atoms with Crippen LogP contribution in [-0.4, -0.2) is 41.3 Å². The van der Waals surface area contributed by atoms with Gasteiger partial charge in [-0.3, -0.25) is 9.59 Å². The second kappa shape index (κ2) is 7.80. The molecule has 2 aromatic carbocycles. The van der Waals surface area contributed by atoms with Crippen molar-refractivity contribution in [2.75, 3.05) is 24.5 Å². The van der Waals surface area contributed by atoms with Gasteiger partial charge in [-0.05, 0) is 61.1 Å². The lowest BCUT2D eigenvalue weighted by molar-refractivity contribution is -0.140. The molecule has 1 atom stereocenters. The summed E-state index contributed by atoms with van der Waals surface area (Å²) in [5, 5.41) is 1.91. The number of hydrogen-bond donors (Lipinski definition) is 1. The molecule has 3 aromatic rings. The van der Waals surface area contributed by atoms with E-state index in [1.807, 2.05) is 23.1 Å². The molecule has 154 valence electrons. The minimum Gasteiger partial charge on any atom is -0.361 e. The van der Waals surface area contributed by atoms with Crippen molar-refractivity contribution >= 4 is 40.0 Å². The molecule has 30 heavy (non-hydrogen) atoms. The van der Waals surface area contributed by atoms with Crippen LogP contribution in [0.2, 0.25) is 5.02 Å². The number of benzene rings is 2. The van der Waals surface area contributed by atoms with Crippen LogP contribution in [0.5, 0.6) is 0 Å². The van der Waals surface area contributed by atoms with Crippen LogP contribution in [0, 0.1) is 5.92 Å². The Morgan fingerprint density at radius 1 is 0.967 bits per heavy atom. The quantitative estimate of drug-likeness (QED) is 0.629. The lowest BCUT2D eigenvalue weighted by atomic mass is 9.88. The second-order valence-corrected chi connectivity index (χ2v) is 8.63. The summed E-state index contributed by atoms with van der Waals surface area (Å²) in [6.45, 7) is 1.98. The number of carbonyl (C=O) groups excluding carboxylic acids is 2. The van der Waals surface area contributed by atoms with Gasteiger partial charge in [0.25, 0.3) is 0 Å². The Bertz CT molecular complexity index is 1080. The molecule has 1 N–H and O–H groups in total. The summed E-state index contributed by atoms with van der Waals surface area (Å²) in [6.07, 6.45) is 4.53. The Hall–Kier alpha value is -2.79. The highest BCUT2D eigenvalue weighted by Crippen LogP contribution is 2.34. The Morgan fingerprint density at radius 3 is 2.47 bits per heavy atom. The Labute approximate surface area is 180 Å². The summed E-state index contributed by atoms with van der Waals surface area (Å²) >= 11 is 5.95. The monoisotopic (exact) mass is 421 g/mol. The molecule has 1 unspecified atom stereocenters. The van der Waals surface area contributed by atoms with Gasteiger partial charge in [-0.25, -0.2) is 0 Å². The minimum atomic E-state index is -0.565. The second-order valence-electron chi connectivity index (χ2n) is 8.20. The van der Waals surface area contributed by atoms with Crippen molar-refractivity contribution in [3.8, 4) is 0 Å². The molecule has 2 aliphatic rings. The molecule has 5 rings (SSSR count). The Morgan fingerprint density at radius 2 is 1.70 bits per heavy atom. The molecular formula is C24H24ClN3O2.